The minimum atomic E-state index is -0.367. The molecule has 2 heterocycles. The molecule has 0 bridgehead atoms. The highest BCUT2D eigenvalue weighted by Crippen LogP contribution is 2.46. The van der Waals surface area contributed by atoms with E-state index in [-0.39, 0.29) is 35.5 Å². The first-order valence-corrected chi connectivity index (χ1v) is 9.56. The molecule has 1 fully saturated rings. The number of hydrogen-bond acceptors (Lipinski definition) is 4. The molecule has 3 aliphatic rings. The number of ether oxygens (including phenoxy) is 2. The number of likely N-dealkylation sites (N-methyl/N-ethyl adjacent to an activating group) is 1. The molecule has 3 atom stereocenters. The molecule has 5 nitrogen and oxygen atoms in total. The molecule has 138 valence electrons. The van der Waals surface area contributed by atoms with Crippen LogP contribution in [0.5, 0.6) is 5.75 Å². The van der Waals surface area contributed by atoms with Gasteiger partial charge in [0.05, 0.1) is 24.1 Å². The minimum absolute atomic E-state index is 0.100. The van der Waals surface area contributed by atoms with Crippen molar-refractivity contribution < 1.29 is 19.1 Å². The molecule has 1 aliphatic carbocycles. The number of Topliss-reactive ketones (excluding diaryl/α,β-unsaturated/α-hetero) is 1. The van der Waals surface area contributed by atoms with E-state index in [0.717, 1.165) is 43.4 Å². The van der Waals surface area contributed by atoms with E-state index in [9.17, 15) is 9.59 Å². The Hall–Kier alpha value is -2.30. The molecule has 1 amide bonds. The van der Waals surface area contributed by atoms with Crippen LogP contribution in [0.2, 0.25) is 0 Å². The van der Waals surface area contributed by atoms with Gasteiger partial charge in [-0.15, -0.1) is 0 Å². The number of fused-ring (bicyclic) bond motifs is 1. The molecule has 3 unspecified atom stereocenters. The van der Waals surface area contributed by atoms with Crippen molar-refractivity contribution in [1.82, 2.24) is 4.90 Å². The standard InChI is InChI=1S/C21H25NO4/c1-3-12-25-14-10-8-13(9-11-14)18-17-19(23)15-6-4-5-7-16(15)26-20(17)21(24)22(18)2/h8-11,15-16,18H,3-7,12H2,1-2H3. The van der Waals surface area contributed by atoms with Gasteiger partial charge in [0.1, 0.15) is 11.9 Å². The van der Waals surface area contributed by atoms with Crippen molar-refractivity contribution in [2.75, 3.05) is 13.7 Å². The Labute approximate surface area is 154 Å². The van der Waals surface area contributed by atoms with Crippen molar-refractivity contribution in [3.63, 3.8) is 0 Å². The number of rotatable bonds is 4. The summed E-state index contributed by atoms with van der Waals surface area (Å²) in [5.74, 6) is 0.891. The van der Waals surface area contributed by atoms with Crippen LogP contribution in [0.4, 0.5) is 0 Å². The van der Waals surface area contributed by atoms with Crippen molar-refractivity contribution in [3.8, 4) is 5.75 Å². The van der Waals surface area contributed by atoms with E-state index in [2.05, 4.69) is 6.92 Å². The lowest BCUT2D eigenvalue weighted by Gasteiger charge is -2.35. The normalized spacial score (nSPS) is 27.9. The summed E-state index contributed by atoms with van der Waals surface area (Å²) in [6.45, 7) is 2.74. The second-order valence-electron chi connectivity index (χ2n) is 7.39. The fourth-order valence-electron chi connectivity index (χ4n) is 4.32. The van der Waals surface area contributed by atoms with Crippen molar-refractivity contribution in [2.24, 2.45) is 5.92 Å². The Morgan fingerprint density at radius 1 is 1.15 bits per heavy atom. The number of benzene rings is 1. The summed E-state index contributed by atoms with van der Waals surface area (Å²) >= 11 is 0. The second kappa shape index (κ2) is 6.78. The van der Waals surface area contributed by atoms with Crippen LogP contribution in [-0.4, -0.2) is 36.3 Å². The number of nitrogens with zero attached hydrogens (tertiary/aromatic N) is 1. The minimum Gasteiger partial charge on any atom is -0.494 e. The first-order chi connectivity index (χ1) is 12.6. The SMILES string of the molecule is CCCOc1ccc(C2C3=C(OC4CCCCC4C3=O)C(=O)N2C)cc1. The molecule has 1 saturated carbocycles. The largest absolute Gasteiger partial charge is 0.494 e. The maximum Gasteiger partial charge on any atom is 0.289 e. The molecule has 0 aromatic heterocycles. The monoisotopic (exact) mass is 355 g/mol. The Morgan fingerprint density at radius 2 is 1.88 bits per heavy atom. The first-order valence-electron chi connectivity index (χ1n) is 9.56. The highest BCUT2D eigenvalue weighted by molar-refractivity contribution is 6.11. The quantitative estimate of drug-likeness (QED) is 0.831. The molecule has 2 aliphatic heterocycles. The van der Waals surface area contributed by atoms with Gasteiger partial charge in [0.15, 0.2) is 11.5 Å². The van der Waals surface area contributed by atoms with E-state index in [0.29, 0.717) is 12.2 Å². The zero-order valence-corrected chi connectivity index (χ0v) is 15.4. The van der Waals surface area contributed by atoms with Crippen LogP contribution in [0.15, 0.2) is 35.6 Å². The van der Waals surface area contributed by atoms with Gasteiger partial charge in [0, 0.05) is 7.05 Å². The van der Waals surface area contributed by atoms with Gasteiger partial charge in [-0.2, -0.15) is 0 Å². The molecule has 1 aromatic rings. The predicted octanol–water partition coefficient (Wildman–Crippen LogP) is 3.40. The molecular formula is C21H25NO4. The molecule has 0 radical (unpaired) electrons. The van der Waals surface area contributed by atoms with Crippen LogP contribution in [-0.2, 0) is 14.3 Å². The van der Waals surface area contributed by atoms with Gasteiger partial charge in [-0.1, -0.05) is 25.5 Å². The molecule has 5 heteroatoms. The maximum atomic E-state index is 13.2. The highest BCUT2D eigenvalue weighted by atomic mass is 16.5. The van der Waals surface area contributed by atoms with Gasteiger partial charge in [-0.05, 0) is 43.4 Å². The van der Waals surface area contributed by atoms with Crippen LogP contribution in [0, 0.1) is 5.92 Å². The summed E-state index contributed by atoms with van der Waals surface area (Å²) in [7, 11) is 1.74. The lowest BCUT2D eigenvalue weighted by atomic mass is 9.77. The number of ketones is 1. The van der Waals surface area contributed by atoms with Crippen molar-refractivity contribution in [1.29, 1.82) is 0 Å². The Kier molecular flexibility index (Phi) is 4.47. The lowest BCUT2D eigenvalue weighted by Crippen LogP contribution is -2.39. The molecule has 1 aromatic carbocycles. The Balaban J connectivity index is 1.66. The third kappa shape index (κ3) is 2.70. The smallest absolute Gasteiger partial charge is 0.289 e. The molecule has 26 heavy (non-hydrogen) atoms. The Bertz CT molecular complexity index is 752. The third-order valence-corrected chi connectivity index (χ3v) is 5.66. The van der Waals surface area contributed by atoms with Gasteiger partial charge < -0.3 is 14.4 Å². The molecule has 0 spiro atoms. The van der Waals surface area contributed by atoms with E-state index >= 15 is 0 Å². The maximum absolute atomic E-state index is 13.2. The Morgan fingerprint density at radius 3 is 2.62 bits per heavy atom. The number of carbonyl (C=O) groups excluding carboxylic acids is 2. The summed E-state index contributed by atoms with van der Waals surface area (Å²) in [5, 5.41) is 0. The van der Waals surface area contributed by atoms with Crippen molar-refractivity contribution >= 4 is 11.7 Å². The van der Waals surface area contributed by atoms with Gasteiger partial charge in [-0.25, -0.2) is 0 Å². The fraction of sp³-hybridized carbons (Fsp3) is 0.524. The third-order valence-electron chi connectivity index (χ3n) is 5.66. The first kappa shape index (κ1) is 17.1. The van der Waals surface area contributed by atoms with Gasteiger partial charge in [0.2, 0.25) is 0 Å². The molecule has 0 saturated heterocycles. The van der Waals surface area contributed by atoms with Crippen LogP contribution in [0.25, 0.3) is 0 Å². The van der Waals surface area contributed by atoms with E-state index < -0.39 is 0 Å². The van der Waals surface area contributed by atoms with E-state index in [4.69, 9.17) is 9.47 Å². The zero-order valence-electron chi connectivity index (χ0n) is 15.4. The lowest BCUT2D eigenvalue weighted by molar-refractivity contribution is -0.134. The van der Waals surface area contributed by atoms with Crippen LogP contribution in [0.1, 0.15) is 50.6 Å². The molecule has 4 rings (SSSR count). The predicted molar refractivity (Wildman–Crippen MR) is 96.6 cm³/mol. The average Bonchev–Trinajstić information content (AvgIpc) is 2.92. The van der Waals surface area contributed by atoms with E-state index in [1.807, 2.05) is 24.3 Å². The van der Waals surface area contributed by atoms with Crippen molar-refractivity contribution in [3.05, 3.63) is 41.2 Å². The van der Waals surface area contributed by atoms with Gasteiger partial charge in [0.25, 0.3) is 5.91 Å². The summed E-state index contributed by atoms with van der Waals surface area (Å²) in [6.07, 6.45) is 4.65. The summed E-state index contributed by atoms with van der Waals surface area (Å²) < 4.78 is 11.7. The van der Waals surface area contributed by atoms with Crippen LogP contribution >= 0.6 is 0 Å². The number of hydrogen-bond donors (Lipinski definition) is 0. The van der Waals surface area contributed by atoms with Crippen molar-refractivity contribution in [2.45, 2.75) is 51.2 Å². The highest BCUT2D eigenvalue weighted by Gasteiger charge is 2.50. The summed E-state index contributed by atoms with van der Waals surface area (Å²) in [4.78, 5) is 27.5. The van der Waals surface area contributed by atoms with Crippen LogP contribution < -0.4 is 4.74 Å². The topological polar surface area (TPSA) is 55.8 Å². The molecule has 0 N–H and O–H groups in total. The average molecular weight is 355 g/mol. The second-order valence-corrected chi connectivity index (χ2v) is 7.39. The van der Waals surface area contributed by atoms with Crippen LogP contribution in [0.3, 0.4) is 0 Å². The van der Waals surface area contributed by atoms with E-state index in [1.165, 1.54) is 0 Å². The van der Waals surface area contributed by atoms with E-state index in [1.54, 1.807) is 11.9 Å². The summed E-state index contributed by atoms with van der Waals surface area (Å²) in [6, 6.07) is 7.32. The van der Waals surface area contributed by atoms with Gasteiger partial charge in [-0.3, -0.25) is 9.59 Å². The zero-order chi connectivity index (χ0) is 18.3. The molecular weight excluding hydrogens is 330 g/mol. The fourth-order valence-corrected chi connectivity index (χ4v) is 4.32. The van der Waals surface area contributed by atoms with Gasteiger partial charge >= 0.3 is 0 Å². The summed E-state index contributed by atoms with van der Waals surface area (Å²) in [5.41, 5.74) is 1.46. The number of amides is 1. The number of carbonyl (C=O) groups is 2.